The van der Waals surface area contributed by atoms with Gasteiger partial charge in [0, 0.05) is 52.8 Å². The Balaban J connectivity index is 0.000000226. The van der Waals surface area contributed by atoms with Crippen LogP contribution in [0.5, 0.6) is 0 Å². The lowest BCUT2D eigenvalue weighted by atomic mass is 9.26. The first-order chi connectivity index (χ1) is 24.6. The Hall–Kier alpha value is -4.52. The standard InChI is InChI=1S/C15H10B3N3.C14H9B3N4.4C2H6/c1-9-10-5-4-8-19-14(10)21-12-7-3-2-6-11(12)20-15(21)13(9)17-18-16;1-8-9-6-18-7-19-13(9)21-11-5-3-2-4-10(11)20-14(21)12(8)16-17-15;4*1-2/h2-8H,1H3;2-7H,1H3;4*1-2H3. The van der Waals surface area contributed by atoms with E-state index >= 15 is 0 Å². The molecule has 7 nitrogen and oxygen atoms in total. The quantitative estimate of drug-likeness (QED) is 0.211. The SMILES string of the molecule is CC.CC.CC.CC.[B][B][B]c1c(C)c2cccnc2n2c1nc1ccccc12.[B][B][B]c1c(C)c2cncnc2n2c1nc1ccccc12. The fourth-order valence-electron chi connectivity index (χ4n) is 5.69. The molecule has 0 aliphatic carbocycles. The Bertz CT molecular complexity index is 2120. The molecule has 13 heteroatoms. The van der Waals surface area contributed by atoms with Gasteiger partial charge >= 0.3 is 0 Å². The third-order valence-corrected chi connectivity index (χ3v) is 7.65. The number of nitrogens with zero attached hydrogens (tertiary/aromatic N) is 7. The molecule has 244 valence electrons. The monoisotopic (exact) mass is 651 g/mol. The van der Waals surface area contributed by atoms with E-state index in [0.29, 0.717) is 0 Å². The molecule has 8 rings (SSSR count). The van der Waals surface area contributed by atoms with Crippen molar-refractivity contribution < 1.29 is 0 Å². The minimum absolute atomic E-state index is 0.861. The lowest BCUT2D eigenvalue weighted by Crippen LogP contribution is -2.27. The summed E-state index contributed by atoms with van der Waals surface area (Å²) >= 11 is 0. The molecule has 0 unspecified atom stereocenters. The normalized spacial score (nSPS) is 9.96. The van der Waals surface area contributed by atoms with Crippen molar-refractivity contribution in [3.63, 3.8) is 0 Å². The molecular weight excluding hydrogens is 607 g/mol. The van der Waals surface area contributed by atoms with Gasteiger partial charge < -0.3 is 0 Å². The minimum Gasteiger partial charge on any atom is -0.277 e. The number of aryl methyl sites for hydroxylation is 2. The van der Waals surface area contributed by atoms with Crippen molar-refractivity contribution in [1.82, 2.24) is 33.7 Å². The summed E-state index contributed by atoms with van der Waals surface area (Å²) in [5, 5.41) is 2.11. The van der Waals surface area contributed by atoms with Crippen molar-refractivity contribution >= 4 is 110 Å². The van der Waals surface area contributed by atoms with E-state index in [4.69, 9.17) is 25.4 Å². The average molecular weight is 651 g/mol. The highest BCUT2D eigenvalue weighted by Gasteiger charge is 2.17. The van der Waals surface area contributed by atoms with Gasteiger partial charge in [-0.2, -0.15) is 0 Å². The van der Waals surface area contributed by atoms with Gasteiger partial charge in [-0.15, -0.1) is 0 Å². The number of hydrogen-bond acceptors (Lipinski definition) is 5. The van der Waals surface area contributed by atoms with Crippen LogP contribution >= 0.6 is 0 Å². The van der Waals surface area contributed by atoms with Gasteiger partial charge in [-0.05, 0) is 61.4 Å². The second-order valence-electron chi connectivity index (χ2n) is 9.95. The minimum atomic E-state index is 0.861. The fraction of sp³-hybridized carbons (Fsp3) is 0.270. The summed E-state index contributed by atoms with van der Waals surface area (Å²) in [7, 11) is 18.1. The van der Waals surface area contributed by atoms with Gasteiger partial charge in [0.25, 0.3) is 0 Å². The van der Waals surface area contributed by atoms with Gasteiger partial charge in [-0.3, -0.25) is 8.80 Å². The molecule has 6 aromatic heterocycles. The summed E-state index contributed by atoms with van der Waals surface area (Å²) in [5.74, 6) is 0. The predicted octanol–water partition coefficient (Wildman–Crippen LogP) is 6.25. The van der Waals surface area contributed by atoms with Gasteiger partial charge in [0.2, 0.25) is 0 Å². The van der Waals surface area contributed by atoms with E-state index in [1.807, 2.05) is 138 Å². The van der Waals surface area contributed by atoms with E-state index in [1.54, 1.807) is 13.4 Å². The maximum Gasteiger partial charge on any atom is 0.149 e. The smallest absolute Gasteiger partial charge is 0.149 e. The highest BCUT2D eigenvalue weighted by molar-refractivity contribution is 7.28. The van der Waals surface area contributed by atoms with Crippen molar-refractivity contribution in [1.29, 1.82) is 0 Å². The molecule has 8 radical (unpaired) electrons. The zero-order chi connectivity index (χ0) is 36.8. The van der Waals surface area contributed by atoms with Crippen LogP contribution < -0.4 is 10.9 Å². The van der Waals surface area contributed by atoms with E-state index < -0.39 is 0 Å². The summed E-state index contributed by atoms with van der Waals surface area (Å²) in [6.07, 6.45) is 5.21. The topological polar surface area (TPSA) is 73.3 Å². The van der Waals surface area contributed by atoms with E-state index in [0.717, 1.165) is 77.5 Å². The lowest BCUT2D eigenvalue weighted by molar-refractivity contribution is 1.15. The highest BCUT2D eigenvalue weighted by atomic mass is 15.1. The Kier molecular flexibility index (Phi) is 15.7. The van der Waals surface area contributed by atoms with Gasteiger partial charge in [-0.25, -0.2) is 24.9 Å². The molecule has 0 saturated carbocycles. The number of imidazole rings is 2. The van der Waals surface area contributed by atoms with Crippen LogP contribution in [0.2, 0.25) is 0 Å². The number of para-hydroxylation sites is 4. The van der Waals surface area contributed by atoms with E-state index in [2.05, 4.69) is 42.8 Å². The van der Waals surface area contributed by atoms with E-state index in [1.165, 1.54) is 7.06 Å². The van der Waals surface area contributed by atoms with Gasteiger partial charge in [0.05, 0.1) is 22.1 Å². The molecular formula is C37H43B6N7. The van der Waals surface area contributed by atoms with Crippen LogP contribution in [0.3, 0.4) is 0 Å². The van der Waals surface area contributed by atoms with Gasteiger partial charge in [-0.1, -0.05) is 90.6 Å². The zero-order valence-corrected chi connectivity index (χ0v) is 31.1. The maximum atomic E-state index is 5.63. The third-order valence-electron chi connectivity index (χ3n) is 7.65. The maximum absolute atomic E-state index is 5.63. The largest absolute Gasteiger partial charge is 0.277 e. The summed E-state index contributed by atoms with van der Waals surface area (Å²) in [6.45, 7) is 20.1. The highest BCUT2D eigenvalue weighted by Crippen LogP contribution is 2.24. The second-order valence-corrected chi connectivity index (χ2v) is 9.95. The Labute approximate surface area is 302 Å². The summed E-state index contributed by atoms with van der Waals surface area (Å²) < 4.78 is 4.17. The number of hydrogen-bond donors (Lipinski definition) is 0. The molecule has 0 bridgehead atoms. The average Bonchev–Trinajstić information content (AvgIpc) is 3.78. The Morgan fingerprint density at radius 2 is 1.00 bits per heavy atom. The molecule has 2 aromatic carbocycles. The van der Waals surface area contributed by atoms with Crippen LogP contribution in [-0.4, -0.2) is 77.7 Å². The van der Waals surface area contributed by atoms with Crippen molar-refractivity contribution in [3.8, 4) is 0 Å². The van der Waals surface area contributed by atoms with Crippen LogP contribution in [-0.2, 0) is 0 Å². The van der Waals surface area contributed by atoms with Crippen LogP contribution in [0.4, 0.5) is 0 Å². The molecule has 8 aromatic rings. The molecule has 0 aliphatic rings. The van der Waals surface area contributed by atoms with E-state index in [9.17, 15) is 0 Å². The Morgan fingerprint density at radius 1 is 0.540 bits per heavy atom. The van der Waals surface area contributed by atoms with Crippen molar-refractivity contribution in [2.24, 2.45) is 0 Å². The number of benzene rings is 2. The molecule has 0 saturated heterocycles. The number of pyridine rings is 3. The van der Waals surface area contributed by atoms with E-state index in [-0.39, 0.29) is 0 Å². The van der Waals surface area contributed by atoms with Crippen LogP contribution in [0.25, 0.3) is 55.4 Å². The molecule has 0 atom stereocenters. The molecule has 6 heterocycles. The lowest BCUT2D eigenvalue weighted by Gasteiger charge is -2.11. The van der Waals surface area contributed by atoms with Crippen molar-refractivity contribution in [2.75, 3.05) is 0 Å². The number of rotatable bonds is 4. The fourth-order valence-corrected chi connectivity index (χ4v) is 5.69. The predicted molar refractivity (Wildman–Crippen MR) is 222 cm³/mol. The molecule has 50 heavy (non-hydrogen) atoms. The summed E-state index contributed by atoms with van der Waals surface area (Å²) in [6, 6.07) is 20.2. The first-order valence-corrected chi connectivity index (χ1v) is 17.5. The molecule has 0 spiro atoms. The molecule has 0 amide bonds. The zero-order valence-electron chi connectivity index (χ0n) is 31.1. The van der Waals surface area contributed by atoms with Crippen molar-refractivity contribution in [2.45, 2.75) is 69.2 Å². The summed E-state index contributed by atoms with van der Waals surface area (Å²) in [4.78, 5) is 22.7. The molecule has 0 aliphatic heterocycles. The number of aromatic nitrogens is 7. The first kappa shape index (κ1) is 39.9. The molecule has 0 fully saturated rings. The van der Waals surface area contributed by atoms with Gasteiger partial charge in [0.15, 0.2) is 0 Å². The van der Waals surface area contributed by atoms with Crippen LogP contribution in [0.1, 0.15) is 66.5 Å². The third kappa shape index (κ3) is 7.62. The van der Waals surface area contributed by atoms with Crippen LogP contribution in [0, 0.1) is 13.8 Å². The van der Waals surface area contributed by atoms with Crippen molar-refractivity contribution in [3.05, 3.63) is 90.5 Å². The first-order valence-electron chi connectivity index (χ1n) is 17.5. The second kappa shape index (κ2) is 19.6. The number of fused-ring (bicyclic) bond motifs is 10. The molecule has 0 N–H and O–H groups in total. The Morgan fingerprint density at radius 3 is 1.50 bits per heavy atom. The van der Waals surface area contributed by atoms with Crippen LogP contribution in [0.15, 0.2) is 79.4 Å². The summed E-state index contributed by atoms with van der Waals surface area (Å²) in [5.41, 5.74) is 11.8. The van der Waals surface area contributed by atoms with Gasteiger partial charge in [0.1, 0.15) is 43.3 Å².